The zero-order valence-corrected chi connectivity index (χ0v) is 9.11. The number of benzene rings is 1. The number of pyridine rings is 1. The Bertz CT molecular complexity index is 530. The van der Waals surface area contributed by atoms with Crippen molar-refractivity contribution >= 4 is 10.8 Å². The Hall–Kier alpha value is -1.85. The highest BCUT2D eigenvalue weighted by Crippen LogP contribution is 2.16. The van der Waals surface area contributed by atoms with Crippen LogP contribution in [0.4, 0.5) is 0 Å². The van der Waals surface area contributed by atoms with Crippen molar-refractivity contribution < 1.29 is 0 Å². The van der Waals surface area contributed by atoms with Crippen LogP contribution < -0.4 is 5.73 Å². The molecule has 1 aromatic heterocycles. The Labute approximate surface area is 95.5 Å². The van der Waals surface area contributed by atoms with Crippen molar-refractivity contribution in [1.29, 1.82) is 0 Å². The van der Waals surface area contributed by atoms with Crippen molar-refractivity contribution in [3.05, 3.63) is 42.2 Å². The topological polar surface area (TPSA) is 38.9 Å². The highest BCUT2D eigenvalue weighted by molar-refractivity contribution is 5.87. The van der Waals surface area contributed by atoms with Gasteiger partial charge >= 0.3 is 0 Å². The van der Waals surface area contributed by atoms with E-state index in [1.807, 2.05) is 30.5 Å². The van der Waals surface area contributed by atoms with E-state index in [1.165, 1.54) is 0 Å². The zero-order chi connectivity index (χ0) is 11.2. The molecule has 0 saturated carbocycles. The van der Waals surface area contributed by atoms with Gasteiger partial charge in [0, 0.05) is 35.2 Å². The quantitative estimate of drug-likeness (QED) is 0.610. The molecule has 0 bridgehead atoms. The predicted octanol–water partition coefficient (Wildman–Crippen LogP) is 2.33. The lowest BCUT2D eigenvalue weighted by Crippen LogP contribution is -1.96. The molecule has 0 atom stereocenters. The molecule has 0 unspecified atom stereocenters. The first-order valence-electron chi connectivity index (χ1n) is 5.43. The fourth-order valence-corrected chi connectivity index (χ4v) is 1.58. The average Bonchev–Trinajstić information content (AvgIpc) is 2.35. The standard InChI is InChI=1S/C14H14N2/c15-9-3-1-2-5-12-6-4-7-13-11-16-10-8-14(12)13/h4,6-8,10-11H,1,3,9,15H2. The predicted molar refractivity (Wildman–Crippen MR) is 66.9 cm³/mol. The molecular formula is C14H14N2. The third kappa shape index (κ3) is 2.39. The Morgan fingerprint density at radius 3 is 3.06 bits per heavy atom. The van der Waals surface area contributed by atoms with Crippen molar-refractivity contribution in [2.24, 2.45) is 5.73 Å². The molecule has 1 aromatic carbocycles. The molecule has 2 rings (SSSR count). The molecule has 2 N–H and O–H groups in total. The van der Waals surface area contributed by atoms with E-state index in [4.69, 9.17) is 5.73 Å². The molecule has 2 nitrogen and oxygen atoms in total. The first kappa shape index (κ1) is 10.7. The summed E-state index contributed by atoms with van der Waals surface area (Å²) in [7, 11) is 0. The van der Waals surface area contributed by atoms with Gasteiger partial charge in [0.2, 0.25) is 0 Å². The highest BCUT2D eigenvalue weighted by atomic mass is 14.6. The number of unbranched alkanes of at least 4 members (excludes halogenated alkanes) is 1. The van der Waals surface area contributed by atoms with Gasteiger partial charge in [-0.05, 0) is 25.1 Å². The number of aromatic nitrogens is 1. The molecule has 0 spiro atoms. The van der Waals surface area contributed by atoms with E-state index in [1.54, 1.807) is 6.20 Å². The fraction of sp³-hybridized carbons (Fsp3) is 0.214. The summed E-state index contributed by atoms with van der Waals surface area (Å²) in [6.45, 7) is 0.703. The maximum Gasteiger partial charge on any atom is 0.0346 e. The van der Waals surface area contributed by atoms with Crippen LogP contribution in [0.5, 0.6) is 0 Å². The molecule has 2 aromatic rings. The molecule has 80 valence electrons. The van der Waals surface area contributed by atoms with Gasteiger partial charge in [-0.1, -0.05) is 24.0 Å². The van der Waals surface area contributed by atoms with E-state index < -0.39 is 0 Å². The average molecular weight is 210 g/mol. The van der Waals surface area contributed by atoms with Crippen molar-refractivity contribution in [3.63, 3.8) is 0 Å². The van der Waals surface area contributed by atoms with E-state index in [0.717, 1.165) is 29.2 Å². The normalized spacial score (nSPS) is 9.81. The van der Waals surface area contributed by atoms with Crippen LogP contribution in [-0.4, -0.2) is 11.5 Å². The summed E-state index contributed by atoms with van der Waals surface area (Å²) < 4.78 is 0. The lowest BCUT2D eigenvalue weighted by atomic mass is 10.1. The van der Waals surface area contributed by atoms with Crippen molar-refractivity contribution in [2.45, 2.75) is 12.8 Å². The van der Waals surface area contributed by atoms with E-state index in [2.05, 4.69) is 16.8 Å². The number of nitrogens with zero attached hydrogens (tertiary/aromatic N) is 1. The molecule has 0 fully saturated rings. The second-order valence-electron chi connectivity index (χ2n) is 3.60. The third-order valence-corrected chi connectivity index (χ3v) is 2.41. The van der Waals surface area contributed by atoms with Crippen molar-refractivity contribution in [3.8, 4) is 11.8 Å². The fourth-order valence-electron chi connectivity index (χ4n) is 1.58. The smallest absolute Gasteiger partial charge is 0.0346 e. The summed E-state index contributed by atoms with van der Waals surface area (Å²) >= 11 is 0. The summed E-state index contributed by atoms with van der Waals surface area (Å²) in [5.41, 5.74) is 6.49. The number of nitrogens with two attached hydrogens (primary N) is 1. The maximum atomic E-state index is 5.42. The zero-order valence-electron chi connectivity index (χ0n) is 9.11. The van der Waals surface area contributed by atoms with Crippen molar-refractivity contribution in [2.75, 3.05) is 6.54 Å². The Morgan fingerprint density at radius 2 is 2.19 bits per heavy atom. The molecular weight excluding hydrogens is 196 g/mol. The molecule has 2 heteroatoms. The minimum Gasteiger partial charge on any atom is -0.330 e. The maximum absolute atomic E-state index is 5.42. The molecule has 1 heterocycles. The molecule has 0 saturated heterocycles. The minimum absolute atomic E-state index is 0.703. The molecule has 16 heavy (non-hydrogen) atoms. The van der Waals surface area contributed by atoms with Gasteiger partial charge in [0.15, 0.2) is 0 Å². The van der Waals surface area contributed by atoms with Crippen molar-refractivity contribution in [1.82, 2.24) is 4.98 Å². The Kier molecular flexibility index (Phi) is 3.53. The molecule has 0 aliphatic carbocycles. The highest BCUT2D eigenvalue weighted by Gasteiger charge is 1.96. The summed E-state index contributed by atoms with van der Waals surface area (Å²) in [6.07, 6.45) is 5.48. The number of fused-ring (bicyclic) bond motifs is 1. The van der Waals surface area contributed by atoms with E-state index in [-0.39, 0.29) is 0 Å². The SMILES string of the molecule is NCCCC#Cc1cccc2cnccc12. The van der Waals surface area contributed by atoms with E-state index >= 15 is 0 Å². The van der Waals surface area contributed by atoms with Crippen LogP contribution in [0.3, 0.4) is 0 Å². The largest absolute Gasteiger partial charge is 0.330 e. The summed E-state index contributed by atoms with van der Waals surface area (Å²) in [4.78, 5) is 4.10. The van der Waals surface area contributed by atoms with Gasteiger partial charge in [0.25, 0.3) is 0 Å². The van der Waals surface area contributed by atoms with Gasteiger partial charge in [-0.3, -0.25) is 4.98 Å². The second-order valence-corrected chi connectivity index (χ2v) is 3.60. The lowest BCUT2D eigenvalue weighted by molar-refractivity contribution is 0.870. The summed E-state index contributed by atoms with van der Waals surface area (Å²) in [6, 6.07) is 8.10. The molecule has 0 amide bonds. The van der Waals surface area contributed by atoms with E-state index in [0.29, 0.717) is 6.54 Å². The summed E-state index contributed by atoms with van der Waals surface area (Å²) in [5, 5.41) is 2.30. The van der Waals surface area contributed by atoms with E-state index in [9.17, 15) is 0 Å². The van der Waals surface area contributed by atoms with Crippen LogP contribution in [0.1, 0.15) is 18.4 Å². The van der Waals surface area contributed by atoms with Crippen LogP contribution >= 0.6 is 0 Å². The minimum atomic E-state index is 0.703. The van der Waals surface area contributed by atoms with Gasteiger partial charge in [-0.2, -0.15) is 0 Å². The van der Waals surface area contributed by atoms with Crippen LogP contribution in [0.25, 0.3) is 10.8 Å². The lowest BCUT2D eigenvalue weighted by Gasteiger charge is -1.98. The van der Waals surface area contributed by atoms with Crippen LogP contribution in [0, 0.1) is 11.8 Å². The monoisotopic (exact) mass is 210 g/mol. The molecule has 0 aliphatic heterocycles. The van der Waals surface area contributed by atoms with Crippen LogP contribution in [0.15, 0.2) is 36.7 Å². The van der Waals surface area contributed by atoms with Gasteiger partial charge in [-0.15, -0.1) is 0 Å². The first-order chi connectivity index (χ1) is 7.92. The second kappa shape index (κ2) is 5.29. The Morgan fingerprint density at radius 1 is 1.25 bits per heavy atom. The Balaban J connectivity index is 2.32. The number of hydrogen-bond acceptors (Lipinski definition) is 2. The van der Waals surface area contributed by atoms with Gasteiger partial charge in [0.05, 0.1) is 0 Å². The van der Waals surface area contributed by atoms with Gasteiger partial charge in [0.1, 0.15) is 0 Å². The molecule has 0 aliphatic rings. The van der Waals surface area contributed by atoms with Gasteiger partial charge in [-0.25, -0.2) is 0 Å². The van der Waals surface area contributed by atoms with Crippen LogP contribution in [-0.2, 0) is 0 Å². The molecule has 0 radical (unpaired) electrons. The number of hydrogen-bond donors (Lipinski definition) is 1. The summed E-state index contributed by atoms with van der Waals surface area (Å²) in [5.74, 6) is 6.33. The van der Waals surface area contributed by atoms with Gasteiger partial charge < -0.3 is 5.73 Å². The number of rotatable bonds is 2. The first-order valence-corrected chi connectivity index (χ1v) is 5.43. The van der Waals surface area contributed by atoms with Crippen LogP contribution in [0.2, 0.25) is 0 Å². The third-order valence-electron chi connectivity index (χ3n) is 2.41.